The van der Waals surface area contributed by atoms with Gasteiger partial charge in [0.05, 0.1) is 0 Å². The molecule has 15 nitrogen and oxygen atoms in total. The average molecular weight is 913 g/mol. The molecule has 324 valence electrons. The van der Waals surface area contributed by atoms with Gasteiger partial charge in [-0.2, -0.15) is 0 Å². The van der Waals surface area contributed by atoms with E-state index < -0.39 is 23.8 Å². The van der Waals surface area contributed by atoms with Crippen LogP contribution in [-0.4, -0.2) is 47.8 Å². The molecule has 0 amide bonds. The normalized spacial score (nSPS) is 12.1. The van der Waals surface area contributed by atoms with E-state index in [4.69, 9.17) is 0 Å². The molecule has 7 aromatic rings. The highest BCUT2D eigenvalue weighted by molar-refractivity contribution is 7.57. The Kier molecular flexibility index (Phi) is 14.8. The number of aromatic nitrogens is 6. The number of nitrogens with zero attached hydrogens (tertiary/aromatic N) is 6. The molecule has 0 bridgehead atoms. The Labute approximate surface area is 367 Å². The van der Waals surface area contributed by atoms with Gasteiger partial charge in [-0.05, 0) is 51.6 Å². The molecule has 0 atom stereocenters. The van der Waals surface area contributed by atoms with Crippen LogP contribution in [0.15, 0.2) is 165 Å². The van der Waals surface area contributed by atoms with Gasteiger partial charge in [0.25, 0.3) is 0 Å². The molecule has 0 saturated heterocycles. The van der Waals surface area contributed by atoms with Gasteiger partial charge < -0.3 is 14.7 Å². The molecule has 63 heavy (non-hydrogen) atoms. The Hall–Kier alpha value is -4.95. The van der Waals surface area contributed by atoms with E-state index in [9.17, 15) is 44.0 Å². The van der Waals surface area contributed by atoms with Crippen LogP contribution in [0.4, 0.5) is 0 Å². The fourth-order valence-corrected chi connectivity index (χ4v) is 8.62. The third kappa shape index (κ3) is 14.5. The third-order valence-corrected chi connectivity index (χ3v) is 12.9. The minimum atomic E-state index is -4.08. The molecule has 0 spiro atoms. The van der Waals surface area contributed by atoms with Crippen LogP contribution >= 0.6 is 23.8 Å². The zero-order chi connectivity index (χ0) is 44.6. The summed E-state index contributed by atoms with van der Waals surface area (Å²) in [6, 6.07) is 30.6. The van der Waals surface area contributed by atoms with Crippen molar-refractivity contribution in [3.63, 3.8) is 0 Å². The van der Waals surface area contributed by atoms with Gasteiger partial charge in [-0.3, -0.25) is 0 Å². The predicted octanol–water partition coefficient (Wildman–Crippen LogP) is -0.120. The second kappa shape index (κ2) is 20.3. The van der Waals surface area contributed by atoms with Crippen LogP contribution in [-0.2, 0) is 39.3 Å². The van der Waals surface area contributed by atoms with Crippen LogP contribution in [0.1, 0.15) is 16.7 Å². The number of hydrogen-bond donors (Lipinski definition) is 6. The Morgan fingerprint density at radius 2 is 0.476 bits per heavy atom. The molecule has 6 N–H and O–H groups in total. The van der Waals surface area contributed by atoms with Crippen molar-refractivity contribution in [1.82, 2.24) is 0 Å². The van der Waals surface area contributed by atoms with Crippen molar-refractivity contribution in [2.24, 2.45) is 0 Å². The van der Waals surface area contributed by atoms with Crippen molar-refractivity contribution >= 4 is 23.8 Å². The van der Waals surface area contributed by atoms with E-state index in [0.717, 1.165) is 50.1 Å². The van der Waals surface area contributed by atoms with E-state index in [1.165, 1.54) is 0 Å². The molecule has 7 rings (SSSR count). The zero-order valence-electron chi connectivity index (χ0n) is 34.4. The van der Waals surface area contributed by atoms with Gasteiger partial charge in [0.2, 0.25) is 23.8 Å². The molecule has 0 aliphatic carbocycles. The standard InChI is InChI=1S/C45H45N6O9P3/c52-61(53,54)28-25-46-13-1-40(2-14-46)43-7-19-49(20-8-43)34-37-31-38(35-50-21-9-44(10-22-50)41-3-15-47(16-4-41)26-29-62(55,56)57)33-39(32-37)36-51-23-11-45(12-24-51)42-5-17-48(18-6-42)27-30-63(58,59)60/h1-24,31-33H,25-30,34-36H2/p+6. The number of pyridine rings is 6. The minimum Gasteiger partial charge on any atom is -0.632 e. The monoisotopic (exact) mass is 912 g/mol. The van der Waals surface area contributed by atoms with E-state index in [1.54, 1.807) is 13.7 Å². The maximum Gasteiger partial charge on any atom is 0.236 e. The van der Waals surface area contributed by atoms with Gasteiger partial charge in [-0.15, -0.1) is 0 Å². The zero-order valence-corrected chi connectivity index (χ0v) is 37.1. The first-order valence-electron chi connectivity index (χ1n) is 20.2. The van der Waals surface area contributed by atoms with Gasteiger partial charge >= 0.3 is 0 Å². The lowest BCUT2D eigenvalue weighted by molar-refractivity contribution is -0.693. The molecule has 18 heteroatoms. The van der Waals surface area contributed by atoms with Crippen LogP contribution < -0.4 is 42.1 Å². The van der Waals surface area contributed by atoms with E-state index >= 15 is 0 Å². The van der Waals surface area contributed by atoms with Crippen LogP contribution in [0.5, 0.6) is 0 Å². The molecule has 0 radical (unpaired) electrons. The molecular weight excluding hydrogens is 861 g/mol. The molecular formula is C45H51N6O9P3+6. The molecule has 0 saturated carbocycles. The second-order valence-electron chi connectivity index (χ2n) is 15.6. The summed E-state index contributed by atoms with van der Waals surface area (Å²) in [5.41, 5.74) is 9.44. The first kappa shape index (κ1) is 46.1. The van der Waals surface area contributed by atoms with E-state index in [2.05, 4.69) is 68.3 Å². The molecule has 0 aliphatic heterocycles. The lowest BCUT2D eigenvalue weighted by atomic mass is 10.0. The number of benzene rings is 1. The average Bonchev–Trinajstić information content (AvgIpc) is 3.25. The fraction of sp³-hybridized carbons (Fsp3) is 0.200. The first-order chi connectivity index (χ1) is 30.0. The first-order valence-corrected chi connectivity index (χ1v) is 25.6. The van der Waals surface area contributed by atoms with Crippen molar-refractivity contribution < 1.29 is 71.4 Å². The number of aryl methyl sites for hydroxylation is 3. The van der Waals surface area contributed by atoms with Gasteiger partial charge in [0.1, 0.15) is 0 Å². The maximum atomic E-state index is 11.3. The third-order valence-electron chi connectivity index (χ3n) is 10.5. The van der Waals surface area contributed by atoms with Crippen molar-refractivity contribution in [3.05, 3.63) is 182 Å². The van der Waals surface area contributed by atoms with Crippen molar-refractivity contribution in [2.75, 3.05) is 18.5 Å². The fourth-order valence-electron chi connectivity index (χ4n) is 7.15. The summed E-state index contributed by atoms with van der Waals surface area (Å²) in [5.74, 6) is 0. The van der Waals surface area contributed by atoms with Gasteiger partial charge in [0.15, 0.2) is 132 Å². The summed E-state index contributed by atoms with van der Waals surface area (Å²) >= 11 is 0. The van der Waals surface area contributed by atoms with Crippen LogP contribution in [0.25, 0.3) is 33.4 Å². The molecule has 0 unspecified atom stereocenters. The summed E-state index contributed by atoms with van der Waals surface area (Å²) in [6.07, 6.45) is 22.6. The maximum absolute atomic E-state index is 11.3. The summed E-state index contributed by atoms with van der Waals surface area (Å²) < 4.78 is 11.7. The number of rotatable bonds is 18. The van der Waals surface area contributed by atoms with Crippen molar-refractivity contribution in [2.45, 2.75) is 39.3 Å². The quantitative estimate of drug-likeness (QED) is 0.0500. The van der Waals surface area contributed by atoms with Crippen molar-refractivity contribution in [1.29, 1.82) is 0 Å². The second-order valence-corrected chi connectivity index (χ2v) is 20.9. The topological polar surface area (TPSA) is 214 Å². The molecule has 6 aromatic heterocycles. The highest BCUT2D eigenvalue weighted by atomic mass is 31.2. The Bertz CT molecular complexity index is 2270. The summed E-state index contributed by atoms with van der Waals surface area (Å²) in [6.45, 7) is 2.60. The Morgan fingerprint density at radius 1 is 0.302 bits per heavy atom. The summed E-state index contributed by atoms with van der Waals surface area (Å²) in [5, 5.41) is 0. The molecule has 6 heterocycles. The van der Waals surface area contributed by atoms with Crippen LogP contribution in [0, 0.1) is 0 Å². The Balaban J connectivity index is 1.07. The molecule has 1 aromatic carbocycles. The van der Waals surface area contributed by atoms with Crippen LogP contribution in [0.3, 0.4) is 0 Å². The van der Waals surface area contributed by atoms with Gasteiger partial charge in [0, 0.05) is 89.5 Å². The van der Waals surface area contributed by atoms with E-state index in [-0.39, 0.29) is 38.1 Å². The van der Waals surface area contributed by atoms with Gasteiger partial charge in [-0.1, -0.05) is 0 Å². The molecule has 0 fully saturated rings. The highest BCUT2D eigenvalue weighted by Gasteiger charge is 2.23. The predicted molar refractivity (Wildman–Crippen MR) is 229 cm³/mol. The van der Waals surface area contributed by atoms with Gasteiger partial charge in [-0.25, -0.2) is 56.8 Å². The smallest absolute Gasteiger partial charge is 0.236 e. The Morgan fingerprint density at radius 3 is 0.651 bits per heavy atom. The lowest BCUT2D eigenvalue weighted by Gasteiger charge is -2.12. The van der Waals surface area contributed by atoms with Crippen molar-refractivity contribution in [3.8, 4) is 33.4 Å². The summed E-state index contributed by atoms with van der Waals surface area (Å²) in [4.78, 5) is 89.3. The number of hydrogen-bond acceptors (Lipinski definition) is 9. The largest absolute Gasteiger partial charge is 0.632 e. The van der Waals surface area contributed by atoms with E-state index in [1.807, 2.05) is 111 Å². The highest BCUT2D eigenvalue weighted by Crippen LogP contribution is 2.39. The van der Waals surface area contributed by atoms with Crippen LogP contribution in [0.2, 0.25) is 0 Å². The molecule has 0 aliphatic rings. The SMILES string of the molecule is [O-][P+](O)(O)CC[n+]1ccc(-c2cc[n+](Cc3cc(C[n+]4ccc(-c5cc[n+](CC[P+]([O-])(O)O)cc5)cc4)cc(C[n+]4ccc(-c5cc[n+](CC[P+]([O-])(O)O)cc5)cc4)c3)cc2)cc1. The minimum absolute atomic E-state index is 0.215. The summed E-state index contributed by atoms with van der Waals surface area (Å²) in [7, 11) is -12.2. The lowest BCUT2D eigenvalue weighted by Crippen LogP contribution is -2.36. The van der Waals surface area contributed by atoms with E-state index in [0.29, 0.717) is 19.6 Å².